The molecule has 0 bridgehead atoms. The van der Waals surface area contributed by atoms with Crippen LogP contribution in [-0.2, 0) is 13.1 Å². The minimum Gasteiger partial charge on any atom is -0.506 e. The van der Waals surface area contributed by atoms with Crippen LogP contribution in [0.4, 0.5) is 0 Å². The predicted octanol–water partition coefficient (Wildman–Crippen LogP) is 3.96. The van der Waals surface area contributed by atoms with Crippen molar-refractivity contribution in [2.45, 2.75) is 46.3 Å². The second-order valence-electron chi connectivity index (χ2n) is 5.21. The fraction of sp³-hybridized carbons (Fsp3) is 0.438. The van der Waals surface area contributed by atoms with Crippen molar-refractivity contribution >= 4 is 11.3 Å². The molecule has 4 heteroatoms. The number of hydrogen-bond acceptors (Lipinski definition) is 4. The zero-order valence-electron chi connectivity index (χ0n) is 12.3. The molecule has 0 saturated heterocycles. The molecule has 0 aliphatic heterocycles. The first-order chi connectivity index (χ1) is 9.60. The molecule has 0 aliphatic carbocycles. The summed E-state index contributed by atoms with van der Waals surface area (Å²) < 4.78 is 0. The Kier molecular flexibility index (Phi) is 5.15. The molecule has 2 aromatic rings. The van der Waals surface area contributed by atoms with Crippen LogP contribution in [0.3, 0.4) is 0 Å². The Bertz CT molecular complexity index is 539. The van der Waals surface area contributed by atoms with Gasteiger partial charge in [0.05, 0.1) is 5.69 Å². The summed E-state index contributed by atoms with van der Waals surface area (Å²) in [4.78, 5) is 6.83. The van der Waals surface area contributed by atoms with Gasteiger partial charge in [-0.15, -0.1) is 0 Å². The van der Waals surface area contributed by atoms with Gasteiger partial charge in [0.2, 0.25) is 0 Å². The van der Waals surface area contributed by atoms with E-state index in [4.69, 9.17) is 0 Å². The summed E-state index contributed by atoms with van der Waals surface area (Å²) in [7, 11) is 0. The van der Waals surface area contributed by atoms with Crippen LogP contribution < -0.4 is 0 Å². The maximum atomic E-state index is 9.98. The van der Waals surface area contributed by atoms with Crippen molar-refractivity contribution in [1.29, 1.82) is 0 Å². The molecule has 0 unspecified atom stereocenters. The molecule has 1 N–H and O–H groups in total. The van der Waals surface area contributed by atoms with Crippen molar-refractivity contribution in [1.82, 2.24) is 9.88 Å². The third-order valence-electron chi connectivity index (χ3n) is 3.62. The Morgan fingerprint density at radius 2 is 2.10 bits per heavy atom. The summed E-state index contributed by atoms with van der Waals surface area (Å²) in [5.74, 6) is 0.286. The summed E-state index contributed by atoms with van der Waals surface area (Å²) in [6, 6.07) is 6.18. The van der Waals surface area contributed by atoms with Crippen LogP contribution >= 0.6 is 11.3 Å². The van der Waals surface area contributed by atoms with Crippen LogP contribution in [0.25, 0.3) is 0 Å². The van der Waals surface area contributed by atoms with E-state index in [9.17, 15) is 5.11 Å². The van der Waals surface area contributed by atoms with Crippen molar-refractivity contribution in [2.75, 3.05) is 0 Å². The number of aryl methyl sites for hydroxylation is 1. The van der Waals surface area contributed by atoms with E-state index >= 15 is 0 Å². The smallest absolute Gasteiger partial charge is 0.138 e. The number of aromatic nitrogens is 1. The number of rotatable bonds is 6. The van der Waals surface area contributed by atoms with Gasteiger partial charge < -0.3 is 5.11 Å². The van der Waals surface area contributed by atoms with Crippen LogP contribution in [0.5, 0.6) is 5.75 Å². The minimum absolute atomic E-state index is 0.286. The lowest BCUT2D eigenvalue weighted by Gasteiger charge is -2.28. The molecule has 108 valence electrons. The van der Waals surface area contributed by atoms with E-state index in [1.54, 1.807) is 17.4 Å². The van der Waals surface area contributed by atoms with E-state index in [1.807, 2.05) is 13.0 Å². The van der Waals surface area contributed by atoms with E-state index in [1.165, 1.54) is 5.56 Å². The quantitative estimate of drug-likeness (QED) is 0.875. The maximum absolute atomic E-state index is 9.98. The van der Waals surface area contributed by atoms with Gasteiger partial charge in [-0.05, 0) is 54.8 Å². The Morgan fingerprint density at radius 3 is 2.75 bits per heavy atom. The van der Waals surface area contributed by atoms with E-state index in [2.05, 4.69) is 40.6 Å². The van der Waals surface area contributed by atoms with E-state index in [0.29, 0.717) is 12.6 Å². The molecule has 20 heavy (non-hydrogen) atoms. The fourth-order valence-electron chi connectivity index (χ4n) is 2.15. The number of pyridine rings is 1. The van der Waals surface area contributed by atoms with Crippen LogP contribution in [0.1, 0.15) is 37.2 Å². The Labute approximate surface area is 124 Å². The highest BCUT2D eigenvalue weighted by molar-refractivity contribution is 7.07. The van der Waals surface area contributed by atoms with Crippen LogP contribution in [0.15, 0.2) is 29.0 Å². The van der Waals surface area contributed by atoms with Gasteiger partial charge in [-0.1, -0.05) is 6.92 Å². The number of thiophene rings is 1. The van der Waals surface area contributed by atoms with Crippen LogP contribution in [0.2, 0.25) is 0 Å². The largest absolute Gasteiger partial charge is 0.506 e. The average Bonchev–Trinajstić information content (AvgIpc) is 2.94. The third-order valence-corrected chi connectivity index (χ3v) is 4.35. The maximum Gasteiger partial charge on any atom is 0.138 e. The molecule has 1 atom stereocenters. The fourth-order valence-corrected chi connectivity index (χ4v) is 2.81. The Balaban J connectivity index is 2.16. The SMILES string of the molecule is CC[C@@H](C)N(Cc1ccsc1)Cc1nc(C)ccc1O. The van der Waals surface area contributed by atoms with Gasteiger partial charge in [0.15, 0.2) is 0 Å². The highest BCUT2D eigenvalue weighted by Crippen LogP contribution is 2.21. The Morgan fingerprint density at radius 1 is 1.30 bits per heavy atom. The van der Waals surface area contributed by atoms with Crippen LogP contribution in [0, 0.1) is 6.92 Å². The molecule has 3 nitrogen and oxygen atoms in total. The van der Waals surface area contributed by atoms with Gasteiger partial charge in [0.1, 0.15) is 5.75 Å². The van der Waals surface area contributed by atoms with Gasteiger partial charge in [0.25, 0.3) is 0 Å². The summed E-state index contributed by atoms with van der Waals surface area (Å²) in [5.41, 5.74) is 3.03. The zero-order chi connectivity index (χ0) is 14.5. The molecule has 0 fully saturated rings. The topological polar surface area (TPSA) is 36.4 Å². The second kappa shape index (κ2) is 6.86. The van der Waals surface area contributed by atoms with Gasteiger partial charge in [-0.25, -0.2) is 0 Å². The first-order valence-electron chi connectivity index (χ1n) is 7.00. The Hall–Kier alpha value is -1.39. The molecule has 0 amide bonds. The number of aromatic hydroxyl groups is 1. The highest BCUT2D eigenvalue weighted by Gasteiger charge is 2.16. The normalized spacial score (nSPS) is 12.8. The lowest BCUT2D eigenvalue weighted by atomic mass is 10.1. The lowest BCUT2D eigenvalue weighted by Crippen LogP contribution is -2.31. The van der Waals surface area contributed by atoms with E-state index in [-0.39, 0.29) is 5.75 Å². The molecule has 0 radical (unpaired) electrons. The summed E-state index contributed by atoms with van der Waals surface area (Å²) in [6.45, 7) is 7.94. The molecule has 0 spiro atoms. The molecular formula is C16H22N2OS. The summed E-state index contributed by atoms with van der Waals surface area (Å²) in [6.07, 6.45) is 1.08. The van der Waals surface area contributed by atoms with E-state index < -0.39 is 0 Å². The van der Waals surface area contributed by atoms with Crippen molar-refractivity contribution in [3.8, 4) is 5.75 Å². The molecule has 0 aliphatic rings. The summed E-state index contributed by atoms with van der Waals surface area (Å²) in [5, 5.41) is 14.3. The molecular weight excluding hydrogens is 268 g/mol. The van der Waals surface area contributed by atoms with Crippen molar-refractivity contribution in [3.63, 3.8) is 0 Å². The van der Waals surface area contributed by atoms with Crippen molar-refractivity contribution in [2.24, 2.45) is 0 Å². The first-order valence-corrected chi connectivity index (χ1v) is 7.95. The third kappa shape index (κ3) is 3.81. The van der Waals surface area contributed by atoms with E-state index in [0.717, 1.165) is 24.4 Å². The molecule has 2 aromatic heterocycles. The zero-order valence-corrected chi connectivity index (χ0v) is 13.2. The van der Waals surface area contributed by atoms with Crippen LogP contribution in [-0.4, -0.2) is 21.0 Å². The van der Waals surface area contributed by atoms with Crippen molar-refractivity contribution < 1.29 is 5.11 Å². The lowest BCUT2D eigenvalue weighted by molar-refractivity contribution is 0.182. The molecule has 0 saturated carbocycles. The minimum atomic E-state index is 0.286. The van der Waals surface area contributed by atoms with Gasteiger partial charge >= 0.3 is 0 Å². The summed E-state index contributed by atoms with van der Waals surface area (Å²) >= 11 is 1.72. The monoisotopic (exact) mass is 290 g/mol. The highest BCUT2D eigenvalue weighted by atomic mass is 32.1. The van der Waals surface area contributed by atoms with Gasteiger partial charge in [0, 0.05) is 24.8 Å². The van der Waals surface area contributed by atoms with Gasteiger partial charge in [-0.2, -0.15) is 11.3 Å². The first kappa shape index (κ1) is 15.0. The standard InChI is InChI=1S/C16H22N2OS/c1-4-13(3)18(9-14-7-8-20-11-14)10-15-16(19)6-5-12(2)17-15/h5-8,11,13,19H,4,9-10H2,1-3H3/t13-/m1/s1. The number of hydrogen-bond donors (Lipinski definition) is 1. The molecule has 0 aromatic carbocycles. The molecule has 2 heterocycles. The number of nitrogens with zero attached hydrogens (tertiary/aromatic N) is 2. The van der Waals surface area contributed by atoms with Crippen molar-refractivity contribution in [3.05, 3.63) is 45.9 Å². The second-order valence-corrected chi connectivity index (χ2v) is 5.99. The predicted molar refractivity (Wildman–Crippen MR) is 84.0 cm³/mol. The van der Waals surface area contributed by atoms with Gasteiger partial charge in [-0.3, -0.25) is 9.88 Å². The molecule has 2 rings (SSSR count). The average molecular weight is 290 g/mol.